The number of aromatic nitrogens is 2. The number of thiocarbonyl (C=S) groups is 1. The Balaban J connectivity index is 1.68. The molecule has 4 aromatic rings. The van der Waals surface area contributed by atoms with Crippen LogP contribution in [-0.2, 0) is 9.53 Å². The van der Waals surface area contributed by atoms with E-state index in [0.29, 0.717) is 16.5 Å². The Hall–Kier alpha value is -4.21. The molecule has 0 aliphatic carbocycles. The quantitative estimate of drug-likeness (QED) is 0.240. The van der Waals surface area contributed by atoms with E-state index in [1.165, 1.54) is 29.5 Å². The van der Waals surface area contributed by atoms with E-state index in [1.54, 1.807) is 13.3 Å². The molecular weight excluding hydrogens is 546 g/mol. The molecule has 2 aromatic heterocycles. The highest BCUT2D eigenvalue weighted by Gasteiger charge is 2.42. The number of rotatable bonds is 8. The van der Waals surface area contributed by atoms with E-state index < -0.39 is 0 Å². The molecule has 1 saturated heterocycles. The van der Waals surface area contributed by atoms with Crippen LogP contribution in [0.25, 0.3) is 5.69 Å². The number of methoxy groups -OCH3 is 2. The van der Waals surface area contributed by atoms with Gasteiger partial charge < -0.3 is 29.6 Å². The summed E-state index contributed by atoms with van der Waals surface area (Å²) in [5.74, 6) is 0.271. The molecule has 3 heterocycles. The second-order valence-corrected chi connectivity index (χ2v) is 11.2. The van der Waals surface area contributed by atoms with Crippen LogP contribution in [0.4, 0.5) is 11.4 Å². The topological polar surface area (TPSA) is 80.7 Å². The Morgan fingerprint density at radius 1 is 1.02 bits per heavy atom. The molecule has 2 atom stereocenters. The van der Waals surface area contributed by atoms with Gasteiger partial charge in [-0.1, -0.05) is 23.8 Å². The fourth-order valence-corrected chi connectivity index (χ4v) is 6.51. The first-order valence-electron chi connectivity index (χ1n) is 13.9. The van der Waals surface area contributed by atoms with Gasteiger partial charge in [0.2, 0.25) is 5.91 Å². The van der Waals surface area contributed by atoms with Crippen LogP contribution in [0.1, 0.15) is 51.4 Å². The number of anilines is 2. The molecule has 0 spiro atoms. The van der Waals surface area contributed by atoms with E-state index in [0.717, 1.165) is 28.3 Å². The number of hydrogen-bond donors (Lipinski definition) is 2. The zero-order valence-corrected chi connectivity index (χ0v) is 25.9. The standard InChI is InChI=1S/C33H37N5O3S/c1-19-14-20(2)31(21(3)15-19)37-22(4)16-25(23(37)5)32-30(26-10-8-9-13-34-26)36-33(42)38(32)24-11-12-28(41-7)27(17-24)35-29(39)18-40-6/h8-17,30,32H,18H2,1-7H3,(H,35,39)(H,36,42)/t30-,32+/m1/s1. The number of amides is 1. The minimum atomic E-state index is -0.273. The van der Waals surface area contributed by atoms with Crippen molar-refractivity contribution in [2.24, 2.45) is 0 Å². The number of aryl methyl sites for hydroxylation is 4. The minimum absolute atomic E-state index is 0.0642. The maximum Gasteiger partial charge on any atom is 0.250 e. The lowest BCUT2D eigenvalue weighted by Gasteiger charge is -2.29. The minimum Gasteiger partial charge on any atom is -0.495 e. The summed E-state index contributed by atoms with van der Waals surface area (Å²) in [7, 11) is 3.06. The van der Waals surface area contributed by atoms with Gasteiger partial charge in [0.15, 0.2) is 5.11 Å². The summed E-state index contributed by atoms with van der Waals surface area (Å²) in [5, 5.41) is 7.03. The first-order valence-corrected chi connectivity index (χ1v) is 14.3. The van der Waals surface area contributed by atoms with Gasteiger partial charge in [0.05, 0.1) is 36.3 Å². The predicted molar refractivity (Wildman–Crippen MR) is 171 cm³/mol. The van der Waals surface area contributed by atoms with E-state index >= 15 is 0 Å². The number of ether oxygens (including phenoxy) is 2. The number of carbonyl (C=O) groups excluding carboxylic acids is 1. The van der Waals surface area contributed by atoms with E-state index in [1.807, 2.05) is 36.4 Å². The van der Waals surface area contributed by atoms with Gasteiger partial charge in [-0.25, -0.2) is 0 Å². The van der Waals surface area contributed by atoms with Crippen molar-refractivity contribution in [1.82, 2.24) is 14.9 Å². The number of benzene rings is 2. The lowest BCUT2D eigenvalue weighted by molar-refractivity contribution is -0.119. The normalized spacial score (nSPS) is 16.5. The zero-order valence-electron chi connectivity index (χ0n) is 25.1. The molecule has 42 heavy (non-hydrogen) atoms. The van der Waals surface area contributed by atoms with Crippen LogP contribution >= 0.6 is 12.2 Å². The average molecular weight is 584 g/mol. The third-order valence-electron chi connectivity index (χ3n) is 7.76. The summed E-state index contributed by atoms with van der Waals surface area (Å²) >= 11 is 5.98. The van der Waals surface area contributed by atoms with Gasteiger partial charge in [-0.3, -0.25) is 9.78 Å². The molecule has 1 aliphatic rings. The van der Waals surface area contributed by atoms with Crippen molar-refractivity contribution < 1.29 is 14.3 Å². The maximum atomic E-state index is 12.4. The SMILES string of the molecule is COCC(=O)Nc1cc(N2C(=S)N[C@H](c3ccccn3)[C@@H]2c2cc(C)n(-c3c(C)cc(C)cc3C)c2C)ccc1OC. The molecule has 218 valence electrons. The first-order chi connectivity index (χ1) is 20.1. The van der Waals surface area contributed by atoms with E-state index in [-0.39, 0.29) is 24.6 Å². The van der Waals surface area contributed by atoms with Gasteiger partial charge in [-0.15, -0.1) is 0 Å². The summed E-state index contributed by atoms with van der Waals surface area (Å²) in [5.41, 5.74) is 10.5. The third-order valence-corrected chi connectivity index (χ3v) is 8.07. The summed E-state index contributed by atoms with van der Waals surface area (Å²) in [4.78, 5) is 19.3. The lowest BCUT2D eigenvalue weighted by Crippen LogP contribution is -2.29. The van der Waals surface area contributed by atoms with Crippen LogP contribution in [-0.4, -0.2) is 41.4 Å². The Bertz CT molecular complexity index is 1630. The number of nitrogens with zero attached hydrogens (tertiary/aromatic N) is 3. The molecule has 0 bridgehead atoms. The number of nitrogens with one attached hydrogen (secondary N) is 2. The van der Waals surface area contributed by atoms with Crippen LogP contribution < -0.4 is 20.3 Å². The Kier molecular flexibility index (Phi) is 8.34. The summed E-state index contributed by atoms with van der Waals surface area (Å²) in [6.07, 6.45) is 1.80. The van der Waals surface area contributed by atoms with E-state index in [2.05, 4.69) is 72.9 Å². The first kappa shape index (κ1) is 29.3. The Morgan fingerprint density at radius 2 is 1.76 bits per heavy atom. The second kappa shape index (κ2) is 12.0. The predicted octanol–water partition coefficient (Wildman–Crippen LogP) is 6.19. The molecule has 9 heteroatoms. The molecule has 5 rings (SSSR count). The van der Waals surface area contributed by atoms with Crippen molar-refractivity contribution in [3.63, 3.8) is 0 Å². The molecule has 0 radical (unpaired) electrons. The van der Waals surface area contributed by atoms with Crippen molar-refractivity contribution in [1.29, 1.82) is 0 Å². The Labute approximate surface area is 252 Å². The van der Waals surface area contributed by atoms with E-state index in [9.17, 15) is 4.79 Å². The fourth-order valence-electron chi connectivity index (χ4n) is 6.17. The van der Waals surface area contributed by atoms with Crippen molar-refractivity contribution >= 4 is 34.6 Å². The molecule has 8 nitrogen and oxygen atoms in total. The number of carbonyl (C=O) groups is 1. The summed E-state index contributed by atoms with van der Waals surface area (Å²) in [6.45, 7) is 10.7. The van der Waals surface area contributed by atoms with Gasteiger partial charge in [0.1, 0.15) is 12.4 Å². The molecule has 1 amide bonds. The average Bonchev–Trinajstić information content (AvgIpc) is 3.44. The molecule has 1 fully saturated rings. The number of hydrogen-bond acceptors (Lipinski definition) is 5. The van der Waals surface area contributed by atoms with Crippen molar-refractivity contribution in [2.75, 3.05) is 31.0 Å². The molecule has 2 N–H and O–H groups in total. The van der Waals surface area contributed by atoms with Gasteiger partial charge in [0, 0.05) is 30.4 Å². The second-order valence-electron chi connectivity index (χ2n) is 10.8. The highest BCUT2D eigenvalue weighted by atomic mass is 32.1. The van der Waals surface area contributed by atoms with Gasteiger partial charge >= 0.3 is 0 Å². The summed E-state index contributed by atoms with van der Waals surface area (Å²) in [6, 6.07) is 17.9. The largest absolute Gasteiger partial charge is 0.495 e. The van der Waals surface area contributed by atoms with Crippen LogP contribution in [0.15, 0.2) is 60.8 Å². The van der Waals surface area contributed by atoms with Crippen molar-refractivity contribution in [2.45, 2.75) is 46.7 Å². The highest BCUT2D eigenvalue weighted by molar-refractivity contribution is 7.80. The molecule has 1 aliphatic heterocycles. The lowest BCUT2D eigenvalue weighted by atomic mass is 9.96. The maximum absolute atomic E-state index is 12.4. The fraction of sp³-hybridized carbons (Fsp3) is 0.303. The van der Waals surface area contributed by atoms with Crippen LogP contribution in [0.3, 0.4) is 0 Å². The van der Waals surface area contributed by atoms with Gasteiger partial charge in [0.25, 0.3) is 0 Å². The highest BCUT2D eigenvalue weighted by Crippen LogP contribution is 2.45. The third kappa shape index (κ3) is 5.37. The number of pyridine rings is 1. The van der Waals surface area contributed by atoms with Crippen LogP contribution in [0.2, 0.25) is 0 Å². The monoisotopic (exact) mass is 583 g/mol. The molecule has 0 unspecified atom stereocenters. The van der Waals surface area contributed by atoms with Crippen LogP contribution in [0.5, 0.6) is 5.75 Å². The van der Waals surface area contributed by atoms with Crippen molar-refractivity contribution in [3.8, 4) is 11.4 Å². The zero-order chi connectivity index (χ0) is 30.1. The Morgan fingerprint density at radius 3 is 2.40 bits per heavy atom. The molecular formula is C33H37N5O3S. The molecule has 0 saturated carbocycles. The molecule has 2 aromatic carbocycles. The summed E-state index contributed by atoms with van der Waals surface area (Å²) < 4.78 is 12.9. The smallest absolute Gasteiger partial charge is 0.250 e. The van der Waals surface area contributed by atoms with Crippen LogP contribution in [0, 0.1) is 34.6 Å². The van der Waals surface area contributed by atoms with E-state index in [4.69, 9.17) is 26.7 Å². The van der Waals surface area contributed by atoms with Gasteiger partial charge in [-0.05, 0) is 99.9 Å². The van der Waals surface area contributed by atoms with Gasteiger partial charge in [-0.2, -0.15) is 0 Å². The van der Waals surface area contributed by atoms with Crippen molar-refractivity contribution in [3.05, 3.63) is 100 Å².